The summed E-state index contributed by atoms with van der Waals surface area (Å²) in [5, 5.41) is 3.63. The fourth-order valence-electron chi connectivity index (χ4n) is 4.41. The lowest BCUT2D eigenvalue weighted by molar-refractivity contribution is 0.194. The van der Waals surface area contributed by atoms with E-state index in [1.165, 1.54) is 0 Å². The zero-order chi connectivity index (χ0) is 22.9. The normalized spacial score (nSPS) is 14.8. The van der Waals surface area contributed by atoms with Crippen LogP contribution in [0, 0.1) is 0 Å². The highest BCUT2D eigenvalue weighted by atomic mass is 35.5. The summed E-state index contributed by atoms with van der Waals surface area (Å²) in [6.45, 7) is 0.477. The summed E-state index contributed by atoms with van der Waals surface area (Å²) in [5.41, 5.74) is 6.05. The van der Waals surface area contributed by atoms with Gasteiger partial charge in [0.1, 0.15) is 0 Å². The van der Waals surface area contributed by atoms with Crippen LogP contribution in [0.2, 0.25) is 5.02 Å². The Labute approximate surface area is 198 Å². The molecule has 1 N–H and O–H groups in total. The molecule has 1 atom stereocenters. The Balaban J connectivity index is 1.61. The molecule has 0 aliphatic carbocycles. The van der Waals surface area contributed by atoms with E-state index in [9.17, 15) is 4.79 Å². The summed E-state index contributed by atoms with van der Waals surface area (Å²) in [6, 6.07) is 27.5. The summed E-state index contributed by atoms with van der Waals surface area (Å²) in [5.74, 6) is 0. The van der Waals surface area contributed by atoms with Crippen molar-refractivity contribution in [1.29, 1.82) is 0 Å². The second-order valence-electron chi connectivity index (χ2n) is 8.39. The number of carbonyl (C=O) groups excluding carboxylic acids is 1. The Morgan fingerprint density at radius 2 is 1.76 bits per heavy atom. The first-order chi connectivity index (χ1) is 16.0. The van der Waals surface area contributed by atoms with Gasteiger partial charge in [0.2, 0.25) is 0 Å². The average molecular weight is 457 g/mol. The Morgan fingerprint density at radius 1 is 0.970 bits per heavy atom. The monoisotopic (exact) mass is 456 g/mol. The van der Waals surface area contributed by atoms with Gasteiger partial charge in [0.05, 0.1) is 18.3 Å². The number of aromatic nitrogens is 1. The second kappa shape index (κ2) is 8.68. The molecule has 33 heavy (non-hydrogen) atoms. The minimum atomic E-state index is -0.261. The van der Waals surface area contributed by atoms with E-state index >= 15 is 0 Å². The number of hydrogen-bond acceptors (Lipinski definition) is 2. The molecule has 1 unspecified atom stereocenters. The molecule has 5 rings (SSSR count). The first-order valence-electron chi connectivity index (χ1n) is 10.9. The topological polar surface area (TPSA) is 40.5 Å². The lowest BCUT2D eigenvalue weighted by Crippen LogP contribution is -2.37. The minimum Gasteiger partial charge on any atom is -0.378 e. The third kappa shape index (κ3) is 4.08. The molecular weight excluding hydrogens is 432 g/mol. The SMILES string of the molecule is CN(C)c1ccc(C2c3cccn3-c3ccccc3CN2C(=O)Nc2cccc(Cl)c2)cc1. The minimum absolute atomic E-state index is 0.177. The maximum absolute atomic E-state index is 13.7. The van der Waals surface area contributed by atoms with Gasteiger partial charge < -0.3 is 19.7 Å². The number of carbonyl (C=O) groups is 1. The molecule has 1 aromatic heterocycles. The lowest BCUT2D eigenvalue weighted by Gasteiger charge is -2.31. The predicted octanol–water partition coefficient (Wildman–Crippen LogP) is 6.33. The van der Waals surface area contributed by atoms with Crippen LogP contribution in [0.5, 0.6) is 0 Å². The van der Waals surface area contributed by atoms with E-state index in [4.69, 9.17) is 11.6 Å². The lowest BCUT2D eigenvalue weighted by atomic mass is 10.0. The summed E-state index contributed by atoms with van der Waals surface area (Å²) in [6.07, 6.45) is 2.06. The van der Waals surface area contributed by atoms with Gasteiger partial charge in [-0.25, -0.2) is 4.79 Å². The van der Waals surface area contributed by atoms with Crippen LogP contribution in [0.15, 0.2) is 91.1 Å². The Kier molecular flexibility index (Phi) is 5.56. The van der Waals surface area contributed by atoms with Gasteiger partial charge in [-0.1, -0.05) is 48.0 Å². The molecule has 2 amide bonds. The largest absolute Gasteiger partial charge is 0.378 e. The number of anilines is 2. The van der Waals surface area contributed by atoms with E-state index < -0.39 is 0 Å². The highest BCUT2D eigenvalue weighted by Crippen LogP contribution is 2.37. The molecule has 166 valence electrons. The number of nitrogens with one attached hydrogen (secondary N) is 1. The third-order valence-electron chi connectivity index (χ3n) is 6.03. The van der Waals surface area contributed by atoms with Gasteiger partial charge in [-0.2, -0.15) is 0 Å². The number of benzene rings is 3. The van der Waals surface area contributed by atoms with Crippen molar-refractivity contribution in [3.8, 4) is 5.69 Å². The predicted molar refractivity (Wildman–Crippen MR) is 134 cm³/mol. The fraction of sp³-hybridized carbons (Fsp3) is 0.148. The van der Waals surface area contributed by atoms with Gasteiger partial charge in [0.15, 0.2) is 0 Å². The van der Waals surface area contributed by atoms with Crippen LogP contribution < -0.4 is 10.2 Å². The number of nitrogens with zero attached hydrogens (tertiary/aromatic N) is 3. The molecule has 2 heterocycles. The van der Waals surface area contributed by atoms with E-state index in [0.29, 0.717) is 17.3 Å². The first-order valence-corrected chi connectivity index (χ1v) is 11.2. The molecule has 5 nitrogen and oxygen atoms in total. The van der Waals surface area contributed by atoms with Gasteiger partial charge in [-0.3, -0.25) is 0 Å². The van der Waals surface area contributed by atoms with Gasteiger partial charge in [0, 0.05) is 42.4 Å². The highest BCUT2D eigenvalue weighted by molar-refractivity contribution is 6.30. The molecule has 0 saturated heterocycles. The van der Waals surface area contributed by atoms with Crippen LogP contribution in [0.3, 0.4) is 0 Å². The van der Waals surface area contributed by atoms with E-state index in [-0.39, 0.29) is 12.1 Å². The number of amides is 2. The molecule has 0 spiro atoms. The summed E-state index contributed by atoms with van der Waals surface area (Å²) >= 11 is 6.15. The Morgan fingerprint density at radius 3 is 2.52 bits per heavy atom. The molecule has 4 aromatic rings. The van der Waals surface area contributed by atoms with Crippen LogP contribution in [-0.2, 0) is 6.54 Å². The number of fused-ring (bicyclic) bond motifs is 3. The molecule has 0 saturated carbocycles. The van der Waals surface area contributed by atoms with Crippen LogP contribution in [0.25, 0.3) is 5.69 Å². The number of rotatable bonds is 3. The molecule has 0 fully saturated rings. The third-order valence-corrected chi connectivity index (χ3v) is 6.26. The smallest absolute Gasteiger partial charge is 0.322 e. The van der Waals surface area contributed by atoms with Gasteiger partial charge in [-0.05, 0) is 59.7 Å². The van der Waals surface area contributed by atoms with Crippen molar-refractivity contribution in [3.05, 3.63) is 113 Å². The molecule has 1 aliphatic heterocycles. The maximum Gasteiger partial charge on any atom is 0.322 e. The van der Waals surface area contributed by atoms with Crippen LogP contribution in [0.1, 0.15) is 22.9 Å². The molecular formula is C27H25ClN4O. The van der Waals surface area contributed by atoms with E-state index in [1.54, 1.807) is 12.1 Å². The molecule has 1 aliphatic rings. The zero-order valence-corrected chi connectivity index (χ0v) is 19.3. The molecule has 6 heteroatoms. The van der Waals surface area contributed by atoms with Gasteiger partial charge >= 0.3 is 6.03 Å². The van der Waals surface area contributed by atoms with E-state index in [1.807, 2.05) is 49.3 Å². The van der Waals surface area contributed by atoms with E-state index in [2.05, 4.69) is 63.4 Å². The number of para-hydroxylation sites is 1. The van der Waals surface area contributed by atoms with Crippen molar-refractivity contribution < 1.29 is 4.79 Å². The van der Waals surface area contributed by atoms with Crippen LogP contribution in [0.4, 0.5) is 16.2 Å². The van der Waals surface area contributed by atoms with Crippen molar-refractivity contribution in [2.45, 2.75) is 12.6 Å². The molecule has 0 bridgehead atoms. The first kappa shape index (κ1) is 21.2. The van der Waals surface area contributed by atoms with E-state index in [0.717, 1.165) is 28.2 Å². The van der Waals surface area contributed by atoms with Gasteiger partial charge in [-0.15, -0.1) is 0 Å². The number of urea groups is 1. The van der Waals surface area contributed by atoms with Crippen molar-refractivity contribution in [1.82, 2.24) is 9.47 Å². The number of hydrogen-bond donors (Lipinski definition) is 1. The summed E-state index contributed by atoms with van der Waals surface area (Å²) in [7, 11) is 4.04. The van der Waals surface area contributed by atoms with Crippen LogP contribution in [-0.4, -0.2) is 29.6 Å². The highest BCUT2D eigenvalue weighted by Gasteiger charge is 2.33. The standard InChI is InChI=1S/C27H25ClN4O/c1-30(2)23-14-12-19(13-15-23)26-25-11-6-16-31(25)24-10-4-3-7-20(24)18-32(26)27(33)29-22-9-5-8-21(28)17-22/h3-17,26H,18H2,1-2H3,(H,29,33). The quantitative estimate of drug-likeness (QED) is 0.391. The second-order valence-corrected chi connectivity index (χ2v) is 8.83. The summed E-state index contributed by atoms with van der Waals surface area (Å²) in [4.78, 5) is 17.6. The average Bonchev–Trinajstić information content (AvgIpc) is 3.23. The van der Waals surface area contributed by atoms with Crippen LogP contribution >= 0.6 is 11.6 Å². The van der Waals surface area contributed by atoms with Crippen molar-refractivity contribution in [2.24, 2.45) is 0 Å². The van der Waals surface area contributed by atoms with Gasteiger partial charge in [0.25, 0.3) is 0 Å². The Bertz CT molecular complexity index is 1300. The van der Waals surface area contributed by atoms with Crippen molar-refractivity contribution in [2.75, 3.05) is 24.3 Å². The molecule has 0 radical (unpaired) electrons. The summed E-state index contributed by atoms with van der Waals surface area (Å²) < 4.78 is 2.19. The van der Waals surface area contributed by atoms with Crippen molar-refractivity contribution in [3.63, 3.8) is 0 Å². The molecule has 3 aromatic carbocycles. The number of halogens is 1. The van der Waals surface area contributed by atoms with Crippen molar-refractivity contribution >= 4 is 29.0 Å². The zero-order valence-electron chi connectivity index (χ0n) is 18.6. The Hall–Kier alpha value is -3.70. The fourth-order valence-corrected chi connectivity index (χ4v) is 4.60. The maximum atomic E-state index is 13.7.